The summed E-state index contributed by atoms with van der Waals surface area (Å²) in [6.45, 7) is 12.6. The summed E-state index contributed by atoms with van der Waals surface area (Å²) in [7, 11) is 0. The number of nitrogens with zero attached hydrogens (tertiary/aromatic N) is 1. The second-order valence-corrected chi connectivity index (χ2v) is 6.34. The molecule has 5 nitrogen and oxygen atoms in total. The van der Waals surface area contributed by atoms with Crippen molar-refractivity contribution < 1.29 is 14.7 Å². The molecule has 0 spiro atoms. The first-order valence-electron chi connectivity index (χ1n) is 6.80. The van der Waals surface area contributed by atoms with Gasteiger partial charge < -0.3 is 10.4 Å². The number of carboxylic acids is 1. The van der Waals surface area contributed by atoms with E-state index >= 15 is 0 Å². The predicted molar refractivity (Wildman–Crippen MR) is 76.0 cm³/mol. The van der Waals surface area contributed by atoms with E-state index in [1.807, 2.05) is 32.6 Å². The van der Waals surface area contributed by atoms with Gasteiger partial charge in [-0.05, 0) is 33.6 Å². The minimum absolute atomic E-state index is 0.0459. The van der Waals surface area contributed by atoms with Crippen LogP contribution in [0.25, 0.3) is 0 Å². The van der Waals surface area contributed by atoms with Gasteiger partial charge in [-0.3, -0.25) is 14.5 Å². The van der Waals surface area contributed by atoms with Crippen molar-refractivity contribution in [3.63, 3.8) is 0 Å². The molecule has 0 aliphatic carbocycles. The molecular weight excluding hydrogens is 244 g/mol. The summed E-state index contributed by atoms with van der Waals surface area (Å²) in [5, 5.41) is 11.7. The topological polar surface area (TPSA) is 69.6 Å². The third-order valence-corrected chi connectivity index (χ3v) is 3.27. The molecule has 0 aromatic rings. The molecule has 2 N–H and O–H groups in total. The lowest BCUT2D eigenvalue weighted by Crippen LogP contribution is -2.49. The Kier molecular flexibility index (Phi) is 7.05. The number of carbonyl (C=O) groups is 2. The standard InChI is InChI=1S/C14H28N2O3/c1-10(2)11(3)15-12(17)9-16(14(4,5)6)8-7-13(18)19/h10-11H,7-9H2,1-6H3,(H,15,17)(H,18,19). The van der Waals surface area contributed by atoms with Crippen molar-refractivity contribution in [1.82, 2.24) is 10.2 Å². The number of amides is 1. The largest absolute Gasteiger partial charge is 0.481 e. The highest BCUT2D eigenvalue weighted by Gasteiger charge is 2.24. The normalized spacial score (nSPS) is 13.7. The average molecular weight is 272 g/mol. The van der Waals surface area contributed by atoms with Gasteiger partial charge in [-0.2, -0.15) is 0 Å². The number of carbonyl (C=O) groups excluding carboxylic acids is 1. The van der Waals surface area contributed by atoms with Crippen LogP contribution in [0.1, 0.15) is 48.0 Å². The number of nitrogens with one attached hydrogen (secondary N) is 1. The summed E-state index contributed by atoms with van der Waals surface area (Å²) >= 11 is 0. The van der Waals surface area contributed by atoms with Crippen molar-refractivity contribution in [1.29, 1.82) is 0 Å². The highest BCUT2D eigenvalue weighted by molar-refractivity contribution is 5.78. The summed E-state index contributed by atoms with van der Waals surface area (Å²) in [5.74, 6) is -0.516. The number of hydrogen-bond acceptors (Lipinski definition) is 3. The highest BCUT2D eigenvalue weighted by atomic mass is 16.4. The van der Waals surface area contributed by atoms with Gasteiger partial charge in [-0.1, -0.05) is 13.8 Å². The molecule has 1 unspecified atom stereocenters. The molecule has 0 saturated carbocycles. The lowest BCUT2D eigenvalue weighted by molar-refractivity contribution is -0.138. The van der Waals surface area contributed by atoms with Crippen molar-refractivity contribution in [2.24, 2.45) is 5.92 Å². The van der Waals surface area contributed by atoms with E-state index in [2.05, 4.69) is 19.2 Å². The van der Waals surface area contributed by atoms with Crippen molar-refractivity contribution in [2.75, 3.05) is 13.1 Å². The van der Waals surface area contributed by atoms with Crippen molar-refractivity contribution in [2.45, 2.75) is 59.5 Å². The molecule has 0 saturated heterocycles. The summed E-state index contributed by atoms with van der Waals surface area (Å²) in [4.78, 5) is 24.5. The molecular formula is C14H28N2O3. The van der Waals surface area contributed by atoms with Gasteiger partial charge >= 0.3 is 5.97 Å². The van der Waals surface area contributed by atoms with E-state index in [0.29, 0.717) is 12.5 Å². The van der Waals surface area contributed by atoms with Crippen LogP contribution in [0.5, 0.6) is 0 Å². The molecule has 1 atom stereocenters. The van der Waals surface area contributed by atoms with E-state index in [9.17, 15) is 9.59 Å². The van der Waals surface area contributed by atoms with Crippen LogP contribution in [0.3, 0.4) is 0 Å². The Morgan fingerprint density at radius 1 is 1.21 bits per heavy atom. The maximum atomic E-state index is 12.0. The molecule has 19 heavy (non-hydrogen) atoms. The Labute approximate surface area is 116 Å². The van der Waals surface area contributed by atoms with Crippen LogP contribution in [0.2, 0.25) is 0 Å². The molecule has 5 heteroatoms. The first-order valence-corrected chi connectivity index (χ1v) is 6.80. The molecule has 0 heterocycles. The van der Waals surface area contributed by atoms with Crippen LogP contribution in [-0.4, -0.2) is 46.6 Å². The van der Waals surface area contributed by atoms with Crippen LogP contribution in [-0.2, 0) is 9.59 Å². The predicted octanol–water partition coefficient (Wildman–Crippen LogP) is 1.72. The fourth-order valence-corrected chi connectivity index (χ4v) is 1.52. The molecule has 0 aliphatic rings. The minimum Gasteiger partial charge on any atom is -0.481 e. The van der Waals surface area contributed by atoms with Crippen molar-refractivity contribution in [3.05, 3.63) is 0 Å². The van der Waals surface area contributed by atoms with Crippen LogP contribution in [0.15, 0.2) is 0 Å². The van der Waals surface area contributed by atoms with Crippen molar-refractivity contribution >= 4 is 11.9 Å². The Morgan fingerprint density at radius 2 is 1.74 bits per heavy atom. The van der Waals surface area contributed by atoms with Crippen LogP contribution in [0.4, 0.5) is 0 Å². The Balaban J connectivity index is 4.48. The molecule has 0 aliphatic heterocycles. The van der Waals surface area contributed by atoms with Gasteiger partial charge in [0.2, 0.25) is 5.91 Å². The highest BCUT2D eigenvalue weighted by Crippen LogP contribution is 2.13. The monoisotopic (exact) mass is 272 g/mol. The van der Waals surface area contributed by atoms with E-state index in [1.165, 1.54) is 0 Å². The Bertz CT molecular complexity index is 308. The molecule has 0 rings (SSSR count). The fourth-order valence-electron chi connectivity index (χ4n) is 1.52. The second-order valence-electron chi connectivity index (χ2n) is 6.34. The Morgan fingerprint density at radius 3 is 2.11 bits per heavy atom. The zero-order chi connectivity index (χ0) is 15.2. The number of aliphatic carboxylic acids is 1. The average Bonchev–Trinajstić information content (AvgIpc) is 2.21. The van der Waals surface area contributed by atoms with E-state index in [1.54, 1.807) is 0 Å². The zero-order valence-electron chi connectivity index (χ0n) is 13.0. The van der Waals surface area contributed by atoms with Gasteiger partial charge in [0.1, 0.15) is 0 Å². The first kappa shape index (κ1) is 17.9. The van der Waals surface area contributed by atoms with E-state index in [-0.39, 0.29) is 30.5 Å². The van der Waals surface area contributed by atoms with Gasteiger partial charge in [-0.15, -0.1) is 0 Å². The third kappa shape index (κ3) is 7.82. The maximum absolute atomic E-state index is 12.0. The van der Waals surface area contributed by atoms with Crippen molar-refractivity contribution in [3.8, 4) is 0 Å². The van der Waals surface area contributed by atoms with Gasteiger partial charge in [-0.25, -0.2) is 0 Å². The SMILES string of the molecule is CC(C)C(C)NC(=O)CN(CCC(=O)O)C(C)(C)C. The maximum Gasteiger partial charge on any atom is 0.304 e. The number of rotatable bonds is 7. The smallest absolute Gasteiger partial charge is 0.304 e. The quantitative estimate of drug-likeness (QED) is 0.740. The number of hydrogen-bond donors (Lipinski definition) is 2. The molecule has 0 aromatic heterocycles. The van der Waals surface area contributed by atoms with E-state index < -0.39 is 5.97 Å². The second kappa shape index (κ2) is 7.48. The lowest BCUT2D eigenvalue weighted by Gasteiger charge is -2.35. The van der Waals surface area contributed by atoms with Crippen LogP contribution >= 0.6 is 0 Å². The van der Waals surface area contributed by atoms with Crippen LogP contribution < -0.4 is 5.32 Å². The molecule has 0 radical (unpaired) electrons. The molecule has 0 fully saturated rings. The van der Waals surface area contributed by atoms with Gasteiger partial charge in [0.15, 0.2) is 0 Å². The Hall–Kier alpha value is -1.10. The van der Waals surface area contributed by atoms with Gasteiger partial charge in [0.05, 0.1) is 13.0 Å². The lowest BCUT2D eigenvalue weighted by atomic mass is 10.0. The fraction of sp³-hybridized carbons (Fsp3) is 0.857. The summed E-state index contributed by atoms with van der Waals surface area (Å²) < 4.78 is 0. The minimum atomic E-state index is -0.842. The molecule has 112 valence electrons. The summed E-state index contributed by atoms with van der Waals surface area (Å²) in [6, 6.07) is 0.119. The summed E-state index contributed by atoms with van der Waals surface area (Å²) in [5.41, 5.74) is -0.228. The molecule has 1 amide bonds. The van der Waals surface area contributed by atoms with Gasteiger partial charge in [0, 0.05) is 18.1 Å². The van der Waals surface area contributed by atoms with E-state index in [0.717, 1.165) is 0 Å². The van der Waals surface area contributed by atoms with Crippen LogP contribution in [0, 0.1) is 5.92 Å². The first-order chi connectivity index (χ1) is 8.54. The number of carboxylic acid groups (broad SMARTS) is 1. The molecule has 0 aromatic carbocycles. The van der Waals surface area contributed by atoms with Gasteiger partial charge in [0.25, 0.3) is 0 Å². The molecule has 0 bridgehead atoms. The zero-order valence-corrected chi connectivity index (χ0v) is 13.0. The third-order valence-electron chi connectivity index (χ3n) is 3.27. The van der Waals surface area contributed by atoms with E-state index in [4.69, 9.17) is 5.11 Å². The summed E-state index contributed by atoms with van der Waals surface area (Å²) in [6.07, 6.45) is 0.0459.